The second-order valence-corrected chi connectivity index (χ2v) is 3.46. The fraction of sp³-hybridized carbons (Fsp3) is 0.167. The van der Waals surface area contributed by atoms with Gasteiger partial charge in [-0.2, -0.15) is 0 Å². The van der Waals surface area contributed by atoms with Crippen LogP contribution < -0.4 is 0 Å². The Kier molecular flexibility index (Phi) is 3.83. The van der Waals surface area contributed by atoms with Crippen LogP contribution in [-0.2, 0) is 9.59 Å². The molecule has 1 rings (SSSR count). The van der Waals surface area contributed by atoms with Crippen molar-refractivity contribution in [3.8, 4) is 0 Å². The maximum absolute atomic E-state index is 10.8. The van der Waals surface area contributed by atoms with E-state index in [0.717, 1.165) is 5.56 Å². The summed E-state index contributed by atoms with van der Waals surface area (Å²) in [5.41, 5.74) is 1.62. The van der Waals surface area contributed by atoms with Crippen LogP contribution in [0, 0.1) is 6.92 Å². The van der Waals surface area contributed by atoms with Crippen molar-refractivity contribution in [2.75, 3.05) is 0 Å². The molecule has 0 aromatic heterocycles. The zero-order valence-electron chi connectivity index (χ0n) is 8.80. The normalized spacial score (nSPS) is 11.2. The van der Waals surface area contributed by atoms with Gasteiger partial charge in [-0.25, -0.2) is 4.79 Å². The Bertz CT molecular complexity index is 429. The number of carbonyl (C=O) groups is 2. The van der Waals surface area contributed by atoms with Crippen molar-refractivity contribution >= 4 is 18.0 Å². The van der Waals surface area contributed by atoms with Crippen molar-refractivity contribution in [3.05, 3.63) is 41.0 Å². The molecule has 0 bridgehead atoms. The second-order valence-electron chi connectivity index (χ2n) is 3.46. The number of carboxylic acid groups (broad SMARTS) is 2. The minimum absolute atomic E-state index is 0.128. The fourth-order valence-corrected chi connectivity index (χ4v) is 1.22. The van der Waals surface area contributed by atoms with Crippen LogP contribution in [-0.4, -0.2) is 22.2 Å². The molecular formula is C12H12O4. The summed E-state index contributed by atoms with van der Waals surface area (Å²) < 4.78 is 0. The highest BCUT2D eigenvalue weighted by molar-refractivity contribution is 5.96. The maximum Gasteiger partial charge on any atom is 0.332 e. The molecule has 0 fully saturated rings. The number of rotatable bonds is 4. The molecule has 1 aromatic rings. The third-order valence-corrected chi connectivity index (χ3v) is 2.03. The van der Waals surface area contributed by atoms with Gasteiger partial charge >= 0.3 is 11.9 Å². The molecule has 4 nitrogen and oxygen atoms in total. The molecule has 84 valence electrons. The molecule has 1 aromatic carbocycles. The number of aryl methyl sites for hydroxylation is 1. The average Bonchev–Trinajstić information content (AvgIpc) is 2.19. The van der Waals surface area contributed by atoms with Gasteiger partial charge in [0.05, 0.1) is 6.42 Å². The van der Waals surface area contributed by atoms with E-state index >= 15 is 0 Å². The molecule has 0 saturated heterocycles. The lowest BCUT2D eigenvalue weighted by Crippen LogP contribution is -2.06. The SMILES string of the molecule is Cc1ccc(/C=C(/CC(=O)O)C(=O)O)cc1. The van der Waals surface area contributed by atoms with Crippen LogP contribution in [0.15, 0.2) is 29.8 Å². The van der Waals surface area contributed by atoms with Gasteiger partial charge in [0.25, 0.3) is 0 Å². The Morgan fingerprint density at radius 2 is 1.75 bits per heavy atom. The molecule has 0 unspecified atom stereocenters. The first kappa shape index (κ1) is 12.0. The summed E-state index contributed by atoms with van der Waals surface area (Å²) in [7, 11) is 0. The van der Waals surface area contributed by atoms with Crippen molar-refractivity contribution in [1.82, 2.24) is 0 Å². The minimum Gasteiger partial charge on any atom is -0.481 e. The van der Waals surface area contributed by atoms with Crippen LogP contribution in [0.2, 0.25) is 0 Å². The van der Waals surface area contributed by atoms with Crippen LogP contribution in [0.5, 0.6) is 0 Å². The lowest BCUT2D eigenvalue weighted by molar-refractivity contribution is -0.139. The van der Waals surface area contributed by atoms with Crippen molar-refractivity contribution in [2.45, 2.75) is 13.3 Å². The summed E-state index contributed by atoms with van der Waals surface area (Å²) in [6.07, 6.45) is 0.888. The van der Waals surface area contributed by atoms with Crippen LogP contribution in [0.1, 0.15) is 17.5 Å². The van der Waals surface area contributed by atoms with Gasteiger partial charge in [0, 0.05) is 5.57 Å². The standard InChI is InChI=1S/C12H12O4/c1-8-2-4-9(5-3-8)6-10(12(15)16)7-11(13)14/h2-6H,7H2,1H3,(H,13,14)(H,15,16)/b10-6-. The Hall–Kier alpha value is -2.10. The van der Waals surface area contributed by atoms with Gasteiger partial charge in [-0.05, 0) is 18.6 Å². The molecule has 0 saturated carbocycles. The molecular weight excluding hydrogens is 208 g/mol. The summed E-state index contributed by atoms with van der Waals surface area (Å²) in [5, 5.41) is 17.4. The molecule has 0 heterocycles. The first-order chi connectivity index (χ1) is 7.49. The highest BCUT2D eigenvalue weighted by atomic mass is 16.4. The van der Waals surface area contributed by atoms with Gasteiger partial charge < -0.3 is 10.2 Å². The monoisotopic (exact) mass is 220 g/mol. The van der Waals surface area contributed by atoms with E-state index in [1.165, 1.54) is 6.08 Å². The van der Waals surface area contributed by atoms with E-state index in [9.17, 15) is 9.59 Å². The first-order valence-corrected chi connectivity index (χ1v) is 4.71. The molecule has 0 atom stereocenters. The Balaban J connectivity index is 2.97. The molecule has 2 N–H and O–H groups in total. The van der Waals surface area contributed by atoms with Gasteiger partial charge in [-0.15, -0.1) is 0 Å². The van der Waals surface area contributed by atoms with Gasteiger partial charge in [0.2, 0.25) is 0 Å². The van der Waals surface area contributed by atoms with E-state index < -0.39 is 18.4 Å². The third kappa shape index (κ3) is 3.57. The molecule has 0 aliphatic carbocycles. The molecule has 16 heavy (non-hydrogen) atoms. The topological polar surface area (TPSA) is 74.6 Å². The summed E-state index contributed by atoms with van der Waals surface area (Å²) in [6.45, 7) is 1.92. The van der Waals surface area contributed by atoms with Crippen LogP contribution in [0.4, 0.5) is 0 Å². The highest BCUT2D eigenvalue weighted by Gasteiger charge is 2.11. The van der Waals surface area contributed by atoms with Gasteiger partial charge in [-0.3, -0.25) is 4.79 Å². The van der Waals surface area contributed by atoms with Crippen molar-refractivity contribution < 1.29 is 19.8 Å². The lowest BCUT2D eigenvalue weighted by atomic mass is 10.1. The predicted octanol–water partition coefficient (Wildman–Crippen LogP) is 1.94. The van der Waals surface area contributed by atoms with E-state index in [-0.39, 0.29) is 5.57 Å². The van der Waals surface area contributed by atoms with Gasteiger partial charge in [0.1, 0.15) is 0 Å². The number of aliphatic carboxylic acids is 2. The first-order valence-electron chi connectivity index (χ1n) is 4.71. The zero-order valence-corrected chi connectivity index (χ0v) is 8.80. The largest absolute Gasteiger partial charge is 0.481 e. The highest BCUT2D eigenvalue weighted by Crippen LogP contribution is 2.11. The summed E-state index contributed by atoms with van der Waals surface area (Å²) in [4.78, 5) is 21.2. The van der Waals surface area contributed by atoms with E-state index in [0.29, 0.717) is 5.56 Å². The average molecular weight is 220 g/mol. The fourth-order valence-electron chi connectivity index (χ4n) is 1.22. The second kappa shape index (κ2) is 5.11. The predicted molar refractivity (Wildman–Crippen MR) is 59.0 cm³/mol. The molecule has 4 heteroatoms. The summed E-state index contributed by atoms with van der Waals surface area (Å²) in [6, 6.07) is 7.18. The van der Waals surface area contributed by atoms with Crippen molar-refractivity contribution in [2.24, 2.45) is 0 Å². The number of benzene rings is 1. The van der Waals surface area contributed by atoms with E-state index in [4.69, 9.17) is 10.2 Å². The lowest BCUT2D eigenvalue weighted by Gasteiger charge is -1.99. The third-order valence-electron chi connectivity index (χ3n) is 2.03. The molecule has 0 spiro atoms. The van der Waals surface area contributed by atoms with E-state index in [1.54, 1.807) is 12.1 Å². The smallest absolute Gasteiger partial charge is 0.332 e. The molecule has 0 aliphatic heterocycles. The van der Waals surface area contributed by atoms with Crippen molar-refractivity contribution in [1.29, 1.82) is 0 Å². The van der Waals surface area contributed by atoms with Crippen molar-refractivity contribution in [3.63, 3.8) is 0 Å². The molecule has 0 aliphatic rings. The zero-order chi connectivity index (χ0) is 12.1. The number of carboxylic acids is 2. The van der Waals surface area contributed by atoms with Crippen LogP contribution in [0.3, 0.4) is 0 Å². The maximum atomic E-state index is 10.8. The number of hydrogen-bond donors (Lipinski definition) is 2. The Labute approximate surface area is 92.8 Å². The molecule has 0 amide bonds. The van der Waals surface area contributed by atoms with Gasteiger partial charge in [0.15, 0.2) is 0 Å². The van der Waals surface area contributed by atoms with E-state index in [1.807, 2.05) is 19.1 Å². The van der Waals surface area contributed by atoms with Gasteiger partial charge in [-0.1, -0.05) is 29.8 Å². The minimum atomic E-state index is -1.21. The van der Waals surface area contributed by atoms with Crippen LogP contribution >= 0.6 is 0 Å². The number of hydrogen-bond acceptors (Lipinski definition) is 2. The van der Waals surface area contributed by atoms with E-state index in [2.05, 4.69) is 0 Å². The Morgan fingerprint density at radius 1 is 1.19 bits per heavy atom. The summed E-state index contributed by atoms with van der Waals surface area (Å²) in [5.74, 6) is -2.36. The van der Waals surface area contributed by atoms with Crippen LogP contribution in [0.25, 0.3) is 6.08 Å². The molecule has 0 radical (unpaired) electrons. The quantitative estimate of drug-likeness (QED) is 0.760. The Morgan fingerprint density at radius 3 is 2.19 bits per heavy atom. The summed E-state index contributed by atoms with van der Waals surface area (Å²) >= 11 is 0.